The number of amides is 1. The number of allylic oxidation sites excluding steroid dienone is 2. The summed E-state index contributed by atoms with van der Waals surface area (Å²) in [6.45, 7) is 5.48. The van der Waals surface area contributed by atoms with Crippen LogP contribution in [0.25, 0.3) is 0 Å². The molecule has 32 heavy (non-hydrogen) atoms. The Balaban J connectivity index is 1.55. The van der Waals surface area contributed by atoms with Gasteiger partial charge in [0.15, 0.2) is 0 Å². The maximum absolute atomic E-state index is 13.5. The maximum atomic E-state index is 13.5. The number of carbonyl (C=O) groups excluding carboxylic acids is 2. The van der Waals surface area contributed by atoms with Crippen molar-refractivity contribution in [3.63, 3.8) is 0 Å². The molecule has 2 aromatic rings. The molecule has 0 aromatic heterocycles. The number of alkyl carbamates (subject to hydrolysis) is 1. The summed E-state index contributed by atoms with van der Waals surface area (Å²) >= 11 is 0. The predicted molar refractivity (Wildman–Crippen MR) is 126 cm³/mol. The van der Waals surface area contributed by atoms with Crippen LogP contribution in [0.1, 0.15) is 25.0 Å². The number of benzodiazepines with no additional fused rings is 1. The average molecular weight is 430 g/mol. The molecule has 2 aliphatic rings. The molecule has 1 atom stereocenters. The third kappa shape index (κ3) is 4.80. The molecule has 0 radical (unpaired) electrons. The third-order valence-electron chi connectivity index (χ3n) is 5.59. The number of nitrogens with one attached hydrogen (secondary N) is 1. The minimum absolute atomic E-state index is 0.140. The number of benzene rings is 2. The van der Waals surface area contributed by atoms with Gasteiger partial charge in [0.25, 0.3) is 0 Å². The van der Waals surface area contributed by atoms with E-state index in [1.807, 2.05) is 66.9 Å². The van der Waals surface area contributed by atoms with E-state index in [0.29, 0.717) is 13.1 Å². The molecule has 1 aliphatic carbocycles. The minimum Gasteiger partial charge on any atom is -0.444 e. The number of nitrogens with zero attached hydrogens (tertiary/aromatic N) is 2. The fourth-order valence-corrected chi connectivity index (χ4v) is 3.86. The highest BCUT2D eigenvalue weighted by atomic mass is 16.5. The number of carbonyl (C=O) groups is 2. The van der Waals surface area contributed by atoms with Crippen LogP contribution in [0, 0.1) is 5.92 Å². The molecule has 0 fully saturated rings. The van der Waals surface area contributed by atoms with Crippen molar-refractivity contribution >= 4 is 23.8 Å². The molecule has 164 valence electrons. The van der Waals surface area contributed by atoms with E-state index in [4.69, 9.17) is 4.74 Å². The van der Waals surface area contributed by atoms with Gasteiger partial charge in [0.2, 0.25) is 5.78 Å². The lowest BCUT2D eigenvalue weighted by Crippen LogP contribution is -2.46. The molecule has 0 saturated heterocycles. The Labute approximate surface area is 188 Å². The first-order valence-corrected chi connectivity index (χ1v) is 10.8. The summed E-state index contributed by atoms with van der Waals surface area (Å²) in [7, 11) is 0. The summed E-state index contributed by atoms with van der Waals surface area (Å²) in [6.07, 6.45) is 4.96. The van der Waals surface area contributed by atoms with E-state index in [9.17, 15) is 9.59 Å². The number of ether oxygens (including phenoxy) is 1. The summed E-state index contributed by atoms with van der Waals surface area (Å²) in [5.74, 6) is 0.0315. The first-order valence-electron chi connectivity index (χ1n) is 10.8. The number of para-hydroxylation sites is 1. The molecule has 1 amide bonds. The summed E-state index contributed by atoms with van der Waals surface area (Å²) < 4.78 is 5.34. The number of hydrogen-bond acceptors (Lipinski definition) is 5. The summed E-state index contributed by atoms with van der Waals surface area (Å²) in [5.41, 5.74) is 4.06. The molecule has 2 aromatic carbocycles. The molecule has 0 spiro atoms. The van der Waals surface area contributed by atoms with Crippen LogP contribution in [0.2, 0.25) is 0 Å². The Kier molecular flexibility index (Phi) is 6.50. The average Bonchev–Trinajstić information content (AvgIpc) is 3.02. The van der Waals surface area contributed by atoms with Gasteiger partial charge in [-0.05, 0) is 29.2 Å². The lowest BCUT2D eigenvalue weighted by Gasteiger charge is -2.34. The van der Waals surface area contributed by atoms with Crippen molar-refractivity contribution in [1.82, 2.24) is 5.32 Å². The first-order chi connectivity index (χ1) is 15.5. The van der Waals surface area contributed by atoms with Crippen LogP contribution in [0.5, 0.6) is 0 Å². The van der Waals surface area contributed by atoms with Gasteiger partial charge >= 0.3 is 6.09 Å². The summed E-state index contributed by atoms with van der Waals surface area (Å²) in [6, 6.07) is 16.8. The van der Waals surface area contributed by atoms with Crippen LogP contribution in [0.3, 0.4) is 0 Å². The zero-order valence-corrected chi connectivity index (χ0v) is 18.3. The van der Waals surface area contributed by atoms with Crippen molar-refractivity contribution < 1.29 is 14.3 Å². The highest BCUT2D eigenvalue weighted by Crippen LogP contribution is 2.29. The first kappa shape index (κ1) is 21.6. The standard InChI is InChI=1S/C26H27N3O3/c1-18(2)21-14-22(28-26(31)32-17-19-8-4-3-5-9-19)25(30)24(15-21)29-13-12-27-16-20-10-6-7-11-23(20)29/h3-11,14-16,18,24H,12-13,17H2,1-2H3,(H,28,31). The van der Waals surface area contributed by atoms with Crippen molar-refractivity contribution in [2.75, 3.05) is 18.0 Å². The van der Waals surface area contributed by atoms with Gasteiger partial charge in [-0.2, -0.15) is 0 Å². The SMILES string of the molecule is CC(C)C1=CC(N2CCN=Cc3ccccc32)C(=O)C(NC(=O)OCc2ccccc2)=C1. The number of hydrogen-bond donors (Lipinski definition) is 1. The van der Waals surface area contributed by atoms with Gasteiger partial charge in [-0.3, -0.25) is 15.1 Å². The molecule has 1 aliphatic heterocycles. The lowest BCUT2D eigenvalue weighted by atomic mass is 9.90. The Morgan fingerprint density at radius 2 is 1.91 bits per heavy atom. The second-order valence-electron chi connectivity index (χ2n) is 8.16. The molecule has 4 rings (SSSR count). The van der Waals surface area contributed by atoms with Crippen LogP contribution in [-0.2, 0) is 16.1 Å². The van der Waals surface area contributed by atoms with Crippen molar-refractivity contribution in [1.29, 1.82) is 0 Å². The smallest absolute Gasteiger partial charge is 0.412 e. The van der Waals surface area contributed by atoms with E-state index >= 15 is 0 Å². The van der Waals surface area contributed by atoms with Gasteiger partial charge in [0.1, 0.15) is 12.6 Å². The zero-order valence-electron chi connectivity index (χ0n) is 18.3. The number of fused-ring (bicyclic) bond motifs is 1. The Morgan fingerprint density at radius 3 is 2.69 bits per heavy atom. The predicted octanol–water partition coefficient (Wildman–Crippen LogP) is 4.27. The van der Waals surface area contributed by atoms with E-state index in [0.717, 1.165) is 22.4 Å². The van der Waals surface area contributed by atoms with Crippen LogP contribution in [-0.4, -0.2) is 37.2 Å². The number of anilines is 1. The van der Waals surface area contributed by atoms with Gasteiger partial charge in [-0.15, -0.1) is 0 Å². The molecule has 6 nitrogen and oxygen atoms in total. The lowest BCUT2D eigenvalue weighted by molar-refractivity contribution is -0.116. The topological polar surface area (TPSA) is 71.0 Å². The van der Waals surface area contributed by atoms with Crippen molar-refractivity contribution in [2.24, 2.45) is 10.9 Å². The van der Waals surface area contributed by atoms with E-state index in [1.165, 1.54) is 0 Å². The molecule has 1 heterocycles. The number of Topliss-reactive ketones (excluding diaryl/α,β-unsaturated/α-hetero) is 1. The fourth-order valence-electron chi connectivity index (χ4n) is 3.86. The van der Waals surface area contributed by atoms with E-state index in [2.05, 4.69) is 29.1 Å². The summed E-state index contributed by atoms with van der Waals surface area (Å²) in [4.78, 5) is 32.4. The minimum atomic E-state index is -0.642. The number of aliphatic imine (C=N–C) groups is 1. The monoisotopic (exact) mass is 429 g/mol. The fraction of sp³-hybridized carbons (Fsp3) is 0.269. The molecule has 0 bridgehead atoms. The Hall–Kier alpha value is -3.67. The molecular formula is C26H27N3O3. The number of ketones is 1. The van der Waals surface area contributed by atoms with Crippen LogP contribution in [0.4, 0.5) is 10.5 Å². The van der Waals surface area contributed by atoms with Gasteiger partial charge in [-0.25, -0.2) is 4.79 Å². The quantitative estimate of drug-likeness (QED) is 0.771. The highest BCUT2D eigenvalue weighted by Gasteiger charge is 2.33. The van der Waals surface area contributed by atoms with E-state index < -0.39 is 12.1 Å². The van der Waals surface area contributed by atoms with Gasteiger partial charge < -0.3 is 9.64 Å². The van der Waals surface area contributed by atoms with Crippen LogP contribution in [0.15, 0.2) is 83.0 Å². The Bertz CT molecular complexity index is 1090. The molecule has 6 heteroatoms. The molecule has 0 saturated carbocycles. The Morgan fingerprint density at radius 1 is 1.16 bits per heavy atom. The second kappa shape index (κ2) is 9.64. The summed E-state index contributed by atoms with van der Waals surface area (Å²) in [5, 5.41) is 2.68. The molecular weight excluding hydrogens is 402 g/mol. The van der Waals surface area contributed by atoms with Crippen LogP contribution >= 0.6 is 0 Å². The van der Waals surface area contributed by atoms with Gasteiger partial charge in [0, 0.05) is 24.0 Å². The van der Waals surface area contributed by atoms with Crippen molar-refractivity contribution in [3.8, 4) is 0 Å². The normalized spacial score (nSPS) is 17.9. The van der Waals surface area contributed by atoms with E-state index in [1.54, 1.807) is 6.08 Å². The van der Waals surface area contributed by atoms with Crippen LogP contribution < -0.4 is 10.2 Å². The second-order valence-corrected chi connectivity index (χ2v) is 8.16. The van der Waals surface area contributed by atoms with Crippen molar-refractivity contribution in [2.45, 2.75) is 26.5 Å². The van der Waals surface area contributed by atoms with Crippen molar-refractivity contribution in [3.05, 3.63) is 89.1 Å². The van der Waals surface area contributed by atoms with E-state index in [-0.39, 0.29) is 24.0 Å². The van der Waals surface area contributed by atoms with Gasteiger partial charge in [-0.1, -0.05) is 68.5 Å². The zero-order chi connectivity index (χ0) is 22.5. The third-order valence-corrected chi connectivity index (χ3v) is 5.59. The number of rotatable bonds is 5. The largest absolute Gasteiger partial charge is 0.444 e. The molecule has 1 N–H and O–H groups in total. The highest BCUT2D eigenvalue weighted by molar-refractivity contribution is 6.06. The maximum Gasteiger partial charge on any atom is 0.412 e. The van der Waals surface area contributed by atoms with Gasteiger partial charge in [0.05, 0.1) is 12.2 Å². The molecule has 1 unspecified atom stereocenters.